The molecule has 0 bridgehead atoms. The molecule has 2 atom stereocenters. The second-order valence-electron chi connectivity index (χ2n) is 7.04. The molecule has 0 fully saturated rings. The van der Waals surface area contributed by atoms with E-state index >= 15 is 0 Å². The van der Waals surface area contributed by atoms with E-state index in [9.17, 15) is 9.90 Å². The van der Waals surface area contributed by atoms with Crippen molar-refractivity contribution in [1.82, 2.24) is 0 Å². The van der Waals surface area contributed by atoms with Crippen LogP contribution in [0.3, 0.4) is 0 Å². The van der Waals surface area contributed by atoms with Crippen molar-refractivity contribution in [1.29, 1.82) is 0 Å². The van der Waals surface area contributed by atoms with Gasteiger partial charge in [0.2, 0.25) is 0 Å². The number of hydrogen-bond donors (Lipinski definition) is 3. The maximum absolute atomic E-state index is 11.4. The van der Waals surface area contributed by atoms with Crippen LogP contribution in [-0.4, -0.2) is 46.7 Å². The fourth-order valence-corrected chi connectivity index (χ4v) is 2.67. The summed E-state index contributed by atoms with van der Waals surface area (Å²) in [5.74, 6) is -0.311. The molecule has 0 aromatic heterocycles. The first-order valence-electron chi connectivity index (χ1n) is 10.4. The van der Waals surface area contributed by atoms with E-state index in [-0.39, 0.29) is 25.3 Å². The SMILES string of the molecule is CCCCCC[C@H](O)C/C=C/CCCCCCCC(=O)OC[C@@H](O)CO. The zero-order valence-electron chi connectivity index (χ0n) is 16.6. The quantitative estimate of drug-likeness (QED) is 0.193. The lowest BCUT2D eigenvalue weighted by Crippen LogP contribution is -2.21. The number of carbonyl (C=O) groups is 1. The smallest absolute Gasteiger partial charge is 0.305 e. The Bertz CT molecular complexity index is 343. The van der Waals surface area contributed by atoms with Crippen molar-refractivity contribution in [3.05, 3.63) is 12.2 Å². The molecule has 0 spiro atoms. The summed E-state index contributed by atoms with van der Waals surface area (Å²) in [6.07, 6.45) is 16.2. The van der Waals surface area contributed by atoms with E-state index in [1.807, 2.05) is 0 Å². The van der Waals surface area contributed by atoms with Gasteiger partial charge in [0.15, 0.2) is 0 Å². The summed E-state index contributed by atoms with van der Waals surface area (Å²) in [5, 5.41) is 27.6. The van der Waals surface area contributed by atoms with Gasteiger partial charge in [-0.1, -0.05) is 64.0 Å². The second kappa shape index (κ2) is 18.9. The number of hydrogen-bond acceptors (Lipinski definition) is 5. The van der Waals surface area contributed by atoms with Gasteiger partial charge in [-0.15, -0.1) is 0 Å². The number of ether oxygens (including phenoxy) is 1. The molecule has 0 saturated heterocycles. The van der Waals surface area contributed by atoms with Crippen molar-refractivity contribution in [2.75, 3.05) is 13.2 Å². The van der Waals surface area contributed by atoms with Gasteiger partial charge in [0.1, 0.15) is 12.7 Å². The van der Waals surface area contributed by atoms with Crippen molar-refractivity contribution in [3.63, 3.8) is 0 Å². The van der Waals surface area contributed by atoms with Gasteiger partial charge in [-0.2, -0.15) is 0 Å². The maximum atomic E-state index is 11.4. The molecule has 154 valence electrons. The molecule has 26 heavy (non-hydrogen) atoms. The normalized spacial score (nSPS) is 13.8. The molecule has 0 radical (unpaired) electrons. The predicted octanol–water partition coefficient (Wildman–Crippen LogP) is 3.89. The third-order valence-corrected chi connectivity index (χ3v) is 4.36. The Balaban J connectivity index is 3.36. The van der Waals surface area contributed by atoms with Crippen molar-refractivity contribution in [2.45, 2.75) is 103 Å². The summed E-state index contributed by atoms with van der Waals surface area (Å²) in [6.45, 7) is 1.68. The summed E-state index contributed by atoms with van der Waals surface area (Å²) in [5.41, 5.74) is 0. The van der Waals surface area contributed by atoms with Gasteiger partial charge in [-0.05, 0) is 32.1 Å². The van der Waals surface area contributed by atoms with Crippen molar-refractivity contribution in [2.24, 2.45) is 0 Å². The number of allylic oxidation sites excluding steroid dienone is 1. The summed E-state index contributed by atoms with van der Waals surface area (Å²) < 4.78 is 4.84. The molecule has 0 amide bonds. The lowest BCUT2D eigenvalue weighted by atomic mass is 10.1. The topological polar surface area (TPSA) is 87.0 Å². The van der Waals surface area contributed by atoms with Crippen molar-refractivity contribution < 1.29 is 24.9 Å². The minimum atomic E-state index is -0.978. The van der Waals surface area contributed by atoms with Crippen LogP contribution < -0.4 is 0 Å². The highest BCUT2D eigenvalue weighted by Crippen LogP contribution is 2.10. The number of aliphatic hydroxyl groups excluding tert-OH is 3. The molecule has 3 N–H and O–H groups in total. The van der Waals surface area contributed by atoms with Gasteiger partial charge >= 0.3 is 5.97 Å². The highest BCUT2D eigenvalue weighted by Gasteiger charge is 2.07. The van der Waals surface area contributed by atoms with E-state index in [0.717, 1.165) is 57.8 Å². The molecule has 0 aromatic carbocycles. The first kappa shape index (κ1) is 25.1. The van der Waals surface area contributed by atoms with Gasteiger partial charge < -0.3 is 20.1 Å². The number of carbonyl (C=O) groups excluding carboxylic acids is 1. The summed E-state index contributed by atoms with van der Waals surface area (Å²) in [6, 6.07) is 0. The van der Waals surface area contributed by atoms with Crippen LogP contribution in [0.4, 0.5) is 0 Å². The van der Waals surface area contributed by atoms with Gasteiger partial charge in [0.05, 0.1) is 12.7 Å². The molecule has 5 heteroatoms. The van der Waals surface area contributed by atoms with E-state index in [4.69, 9.17) is 14.9 Å². The largest absolute Gasteiger partial charge is 0.463 e. The monoisotopic (exact) mass is 372 g/mol. The lowest BCUT2D eigenvalue weighted by molar-refractivity contribution is -0.147. The number of aliphatic hydroxyl groups is 3. The number of esters is 1. The summed E-state index contributed by atoms with van der Waals surface area (Å²) >= 11 is 0. The van der Waals surface area contributed by atoms with E-state index in [1.54, 1.807) is 0 Å². The fourth-order valence-electron chi connectivity index (χ4n) is 2.67. The number of unbranched alkanes of at least 4 members (excludes halogenated alkanes) is 8. The van der Waals surface area contributed by atoms with Gasteiger partial charge in [0.25, 0.3) is 0 Å². The fraction of sp³-hybridized carbons (Fsp3) is 0.857. The first-order chi connectivity index (χ1) is 12.6. The van der Waals surface area contributed by atoms with Gasteiger partial charge in [-0.3, -0.25) is 4.79 Å². The number of rotatable bonds is 18. The third kappa shape index (κ3) is 17.9. The average Bonchev–Trinajstić information content (AvgIpc) is 2.64. The lowest BCUT2D eigenvalue weighted by Gasteiger charge is -2.08. The molecule has 5 nitrogen and oxygen atoms in total. The van der Waals surface area contributed by atoms with Gasteiger partial charge in [0, 0.05) is 6.42 Å². The molecule has 0 aliphatic rings. The molecule has 0 saturated carbocycles. The Morgan fingerprint density at radius 1 is 0.923 bits per heavy atom. The second-order valence-corrected chi connectivity index (χ2v) is 7.04. The highest BCUT2D eigenvalue weighted by molar-refractivity contribution is 5.69. The molecule has 0 aliphatic carbocycles. The zero-order chi connectivity index (χ0) is 19.5. The Kier molecular flexibility index (Phi) is 18.2. The highest BCUT2D eigenvalue weighted by atomic mass is 16.5. The summed E-state index contributed by atoms with van der Waals surface area (Å²) in [4.78, 5) is 11.4. The Hall–Kier alpha value is -0.910. The molecule has 0 aliphatic heterocycles. The van der Waals surface area contributed by atoms with Crippen LogP contribution >= 0.6 is 0 Å². The average molecular weight is 373 g/mol. The first-order valence-corrected chi connectivity index (χ1v) is 10.4. The van der Waals surface area contributed by atoms with Crippen molar-refractivity contribution in [3.8, 4) is 0 Å². The molecular formula is C21H40O5. The Morgan fingerprint density at radius 3 is 2.35 bits per heavy atom. The maximum Gasteiger partial charge on any atom is 0.305 e. The molecule has 0 rings (SSSR count). The summed E-state index contributed by atoms with van der Waals surface area (Å²) in [7, 11) is 0. The van der Waals surface area contributed by atoms with Crippen LogP contribution in [0.5, 0.6) is 0 Å². The van der Waals surface area contributed by atoms with Crippen LogP contribution in [0.1, 0.15) is 90.4 Å². The van der Waals surface area contributed by atoms with Crippen molar-refractivity contribution >= 4 is 5.97 Å². The molecule has 0 aromatic rings. The van der Waals surface area contributed by atoms with Crippen LogP contribution in [0.25, 0.3) is 0 Å². The van der Waals surface area contributed by atoms with Crippen LogP contribution in [0.2, 0.25) is 0 Å². The molecular weight excluding hydrogens is 332 g/mol. The van der Waals surface area contributed by atoms with E-state index in [1.165, 1.54) is 19.3 Å². The molecule has 0 heterocycles. The van der Waals surface area contributed by atoms with E-state index in [2.05, 4.69) is 19.1 Å². The third-order valence-electron chi connectivity index (χ3n) is 4.36. The van der Waals surface area contributed by atoms with Gasteiger partial charge in [-0.25, -0.2) is 0 Å². The van der Waals surface area contributed by atoms with E-state index < -0.39 is 6.10 Å². The zero-order valence-corrected chi connectivity index (χ0v) is 16.6. The van der Waals surface area contributed by atoms with E-state index in [0.29, 0.717) is 6.42 Å². The van der Waals surface area contributed by atoms with Crippen LogP contribution in [0.15, 0.2) is 12.2 Å². The predicted molar refractivity (Wildman–Crippen MR) is 105 cm³/mol. The minimum Gasteiger partial charge on any atom is -0.463 e. The van der Waals surface area contributed by atoms with Crippen LogP contribution in [0, 0.1) is 0 Å². The van der Waals surface area contributed by atoms with Crippen LogP contribution in [-0.2, 0) is 9.53 Å². The Morgan fingerprint density at radius 2 is 1.62 bits per heavy atom. The Labute approximate surface area is 159 Å². The minimum absolute atomic E-state index is 0.130. The molecule has 0 unspecified atom stereocenters. The standard InChI is InChI=1S/C21H40O5/c1-2-3-4-11-14-19(23)15-12-9-7-5-6-8-10-13-16-21(25)26-18-20(24)17-22/h9,12,19-20,22-24H,2-8,10-11,13-18H2,1H3/b12-9+/t19-,20-/m0/s1.